The average molecular weight is 578 g/mol. The van der Waals surface area contributed by atoms with E-state index in [-0.39, 0.29) is 0 Å². The van der Waals surface area contributed by atoms with Crippen LogP contribution in [0.1, 0.15) is 54.4 Å². The fourth-order valence-electron chi connectivity index (χ4n) is 3.79. The second-order valence-electron chi connectivity index (χ2n) is 8.04. The molecule has 222 valence electrons. The normalized spacial score (nSPS) is 12.1. The molecule has 1 aromatic heterocycles. The van der Waals surface area contributed by atoms with Crippen LogP contribution in [0.5, 0.6) is 0 Å². The van der Waals surface area contributed by atoms with Crippen LogP contribution in [0.15, 0.2) is 0 Å². The Labute approximate surface area is 231 Å². The highest BCUT2D eigenvalue weighted by Gasteiger charge is 2.40. The lowest BCUT2D eigenvalue weighted by Crippen LogP contribution is -2.46. The van der Waals surface area contributed by atoms with Crippen molar-refractivity contribution in [3.05, 3.63) is 0 Å². The summed E-state index contributed by atoms with van der Waals surface area (Å²) in [5.74, 6) is 1.45. The zero-order valence-electron chi connectivity index (χ0n) is 24.5. The molecule has 0 aliphatic rings. The Morgan fingerprint density at radius 2 is 0.842 bits per heavy atom. The van der Waals surface area contributed by atoms with Gasteiger partial charge >= 0.3 is 17.6 Å². The SMILES string of the molecule is CCO[Si](CCCNc1nc(NCCC[Si](OCC)(OCC)OCC)nc(NCNC)n1)(OCC)OCC. The molecule has 0 amide bonds. The highest BCUT2D eigenvalue weighted by Crippen LogP contribution is 2.20. The Bertz CT molecular complexity index is 655. The van der Waals surface area contributed by atoms with E-state index in [2.05, 4.69) is 36.2 Å². The van der Waals surface area contributed by atoms with Crippen LogP contribution in [-0.4, -0.2) is 99.0 Å². The number of hydrogen-bond donors (Lipinski definition) is 4. The first-order chi connectivity index (χ1) is 18.5. The number of nitrogens with zero attached hydrogens (tertiary/aromatic N) is 3. The number of hydrogen-bond acceptors (Lipinski definition) is 13. The molecule has 0 radical (unpaired) electrons. The van der Waals surface area contributed by atoms with Gasteiger partial charge in [-0.05, 0) is 61.4 Å². The fourth-order valence-corrected chi connectivity index (χ4v) is 9.02. The van der Waals surface area contributed by atoms with Crippen LogP contribution in [0, 0.1) is 0 Å². The van der Waals surface area contributed by atoms with E-state index in [0.29, 0.717) is 89.3 Å². The minimum atomic E-state index is -2.68. The molecule has 0 fully saturated rings. The van der Waals surface area contributed by atoms with E-state index < -0.39 is 17.6 Å². The summed E-state index contributed by atoms with van der Waals surface area (Å²) in [6, 6.07) is 1.42. The van der Waals surface area contributed by atoms with E-state index in [0.717, 1.165) is 12.8 Å². The van der Waals surface area contributed by atoms with Crippen LogP contribution in [0.3, 0.4) is 0 Å². The smallest absolute Gasteiger partial charge is 0.374 e. The van der Waals surface area contributed by atoms with Crippen molar-refractivity contribution in [2.45, 2.75) is 66.5 Å². The Kier molecular flexibility index (Phi) is 18.6. The first-order valence-corrected chi connectivity index (χ1v) is 17.8. The van der Waals surface area contributed by atoms with Gasteiger partial charge in [-0.25, -0.2) is 0 Å². The molecule has 0 saturated carbocycles. The summed E-state index contributed by atoms with van der Waals surface area (Å²) in [6.45, 7) is 16.9. The van der Waals surface area contributed by atoms with E-state index in [4.69, 9.17) is 26.6 Å². The molecule has 0 unspecified atom stereocenters. The van der Waals surface area contributed by atoms with Crippen molar-refractivity contribution < 1.29 is 26.6 Å². The maximum Gasteiger partial charge on any atom is 0.500 e. The van der Waals surface area contributed by atoms with Crippen molar-refractivity contribution in [3.63, 3.8) is 0 Å². The van der Waals surface area contributed by atoms with Crippen LogP contribution in [0.4, 0.5) is 17.8 Å². The van der Waals surface area contributed by atoms with Gasteiger partial charge in [-0.1, -0.05) is 0 Å². The summed E-state index contributed by atoms with van der Waals surface area (Å²) in [5, 5.41) is 12.8. The molecule has 1 rings (SSSR count). The van der Waals surface area contributed by atoms with Gasteiger partial charge < -0.3 is 47.8 Å². The van der Waals surface area contributed by atoms with Crippen LogP contribution in [-0.2, 0) is 26.6 Å². The lowest BCUT2D eigenvalue weighted by atomic mass is 10.5. The lowest BCUT2D eigenvalue weighted by molar-refractivity contribution is 0.0702. The van der Waals surface area contributed by atoms with E-state index >= 15 is 0 Å². The van der Waals surface area contributed by atoms with Crippen LogP contribution >= 0.6 is 0 Å². The maximum absolute atomic E-state index is 5.94. The Balaban J connectivity index is 2.78. The van der Waals surface area contributed by atoms with E-state index in [1.165, 1.54) is 0 Å². The van der Waals surface area contributed by atoms with Crippen molar-refractivity contribution >= 4 is 35.5 Å². The monoisotopic (exact) mass is 577 g/mol. The van der Waals surface area contributed by atoms with Crippen molar-refractivity contribution in [2.24, 2.45) is 0 Å². The van der Waals surface area contributed by atoms with Crippen molar-refractivity contribution in [3.8, 4) is 0 Å². The van der Waals surface area contributed by atoms with Crippen LogP contribution in [0.2, 0.25) is 12.1 Å². The predicted molar refractivity (Wildman–Crippen MR) is 154 cm³/mol. The molecule has 0 saturated heterocycles. The summed E-state index contributed by atoms with van der Waals surface area (Å²) in [6.07, 6.45) is 1.58. The Morgan fingerprint density at radius 3 is 1.13 bits per heavy atom. The third kappa shape index (κ3) is 13.1. The molecule has 0 spiro atoms. The molecule has 0 aromatic carbocycles. The third-order valence-corrected chi connectivity index (χ3v) is 11.4. The molecule has 15 heteroatoms. The fraction of sp³-hybridized carbons (Fsp3) is 0.870. The zero-order valence-corrected chi connectivity index (χ0v) is 26.5. The highest BCUT2D eigenvalue weighted by molar-refractivity contribution is 6.61. The number of aromatic nitrogens is 3. The predicted octanol–water partition coefficient (Wildman–Crippen LogP) is 3.16. The quantitative estimate of drug-likeness (QED) is 0.0768. The minimum Gasteiger partial charge on any atom is -0.374 e. The molecule has 4 N–H and O–H groups in total. The molecule has 0 atom stereocenters. The average Bonchev–Trinajstić information content (AvgIpc) is 2.89. The molecule has 0 aliphatic carbocycles. The molecule has 1 heterocycles. The largest absolute Gasteiger partial charge is 0.500 e. The minimum absolute atomic E-state index is 0.475. The maximum atomic E-state index is 5.94. The number of anilines is 3. The summed E-state index contributed by atoms with van der Waals surface area (Å²) < 4.78 is 35.7. The summed E-state index contributed by atoms with van der Waals surface area (Å²) in [5.41, 5.74) is 0. The second kappa shape index (κ2) is 20.5. The highest BCUT2D eigenvalue weighted by atomic mass is 28.4. The summed E-state index contributed by atoms with van der Waals surface area (Å²) in [7, 11) is -3.51. The summed E-state index contributed by atoms with van der Waals surface area (Å²) >= 11 is 0. The van der Waals surface area contributed by atoms with E-state index in [9.17, 15) is 0 Å². The van der Waals surface area contributed by atoms with Gasteiger partial charge in [0.15, 0.2) is 0 Å². The van der Waals surface area contributed by atoms with Gasteiger partial charge in [-0.2, -0.15) is 15.0 Å². The molecule has 0 aliphatic heterocycles. The molecule has 1 aromatic rings. The number of rotatable bonds is 25. The van der Waals surface area contributed by atoms with Crippen molar-refractivity contribution in [2.75, 3.05) is 82.4 Å². The summed E-state index contributed by atoms with van der Waals surface area (Å²) in [4.78, 5) is 13.5. The van der Waals surface area contributed by atoms with Crippen LogP contribution in [0.25, 0.3) is 0 Å². The lowest BCUT2D eigenvalue weighted by Gasteiger charge is -2.28. The van der Waals surface area contributed by atoms with Gasteiger partial charge in [0.1, 0.15) is 0 Å². The first kappa shape index (κ1) is 34.6. The van der Waals surface area contributed by atoms with Crippen molar-refractivity contribution in [1.82, 2.24) is 20.3 Å². The van der Waals surface area contributed by atoms with Gasteiger partial charge in [0.25, 0.3) is 0 Å². The van der Waals surface area contributed by atoms with Gasteiger partial charge in [0.2, 0.25) is 17.8 Å². The van der Waals surface area contributed by atoms with Crippen LogP contribution < -0.4 is 21.3 Å². The van der Waals surface area contributed by atoms with Gasteiger partial charge in [0, 0.05) is 64.8 Å². The molecule has 13 nitrogen and oxygen atoms in total. The molecule has 0 bridgehead atoms. The van der Waals surface area contributed by atoms with E-state index in [1.807, 2.05) is 48.6 Å². The Morgan fingerprint density at radius 1 is 0.526 bits per heavy atom. The van der Waals surface area contributed by atoms with Gasteiger partial charge in [0.05, 0.1) is 6.67 Å². The van der Waals surface area contributed by atoms with Crippen molar-refractivity contribution in [1.29, 1.82) is 0 Å². The zero-order chi connectivity index (χ0) is 28.1. The third-order valence-electron chi connectivity index (χ3n) is 5.13. The first-order valence-electron chi connectivity index (χ1n) is 13.9. The molecular weight excluding hydrogens is 526 g/mol. The topological polar surface area (TPSA) is 142 Å². The standard InChI is InChI=1S/C23H51N7O6Si2/c1-8-31-37(32-9-2,33-10-3)18-14-16-25-21-28-22(30-23(29-21)27-20-24-7)26-17-15-19-38(34-11-4,35-12-5)36-13-6/h24H,8-20H2,1-7H3,(H3,25,26,27,28,29,30). The van der Waals surface area contributed by atoms with E-state index in [1.54, 1.807) is 0 Å². The second-order valence-corrected chi connectivity index (χ2v) is 13.5. The molecule has 38 heavy (non-hydrogen) atoms. The number of nitrogens with one attached hydrogen (secondary N) is 4. The Hall–Kier alpha value is -1.44. The molecular formula is C23H51N7O6Si2. The van der Waals surface area contributed by atoms with Gasteiger partial charge in [-0.3, -0.25) is 0 Å². The van der Waals surface area contributed by atoms with Gasteiger partial charge in [-0.15, -0.1) is 0 Å².